The molecule has 0 fully saturated rings. The van der Waals surface area contributed by atoms with Gasteiger partial charge in [-0.1, -0.05) is 26.7 Å². The van der Waals surface area contributed by atoms with Crippen molar-refractivity contribution < 1.29 is 0 Å². The van der Waals surface area contributed by atoms with Crippen LogP contribution in [0.15, 0.2) is 0 Å². The molecule has 0 spiro atoms. The molecule has 0 bridgehead atoms. The van der Waals surface area contributed by atoms with Gasteiger partial charge >= 0.3 is 0 Å². The normalized spacial score (nSPS) is 17.7. The van der Waals surface area contributed by atoms with Gasteiger partial charge in [0.2, 0.25) is 0 Å². The molecule has 2 rings (SSSR count). The number of fused-ring (bicyclic) bond motifs is 1. The Kier molecular flexibility index (Phi) is 3.65. The third-order valence-electron chi connectivity index (χ3n) is 3.43. The molecule has 90 valence electrons. The molecule has 3 heteroatoms. The summed E-state index contributed by atoms with van der Waals surface area (Å²) in [7, 11) is 0. The largest absolute Gasteiger partial charge is 0.330 e. The summed E-state index contributed by atoms with van der Waals surface area (Å²) in [4.78, 5) is 6.36. The maximum atomic E-state index is 5.82. The zero-order valence-corrected chi connectivity index (χ0v) is 11.2. The van der Waals surface area contributed by atoms with Gasteiger partial charge in [0, 0.05) is 16.8 Å². The first-order valence-corrected chi connectivity index (χ1v) is 7.14. The molecule has 2 N–H and O–H groups in total. The van der Waals surface area contributed by atoms with Crippen molar-refractivity contribution in [2.24, 2.45) is 5.73 Å². The first-order chi connectivity index (χ1) is 7.63. The van der Waals surface area contributed by atoms with Crippen LogP contribution < -0.4 is 5.73 Å². The highest BCUT2D eigenvalue weighted by atomic mass is 32.1. The summed E-state index contributed by atoms with van der Waals surface area (Å²) < 4.78 is 0. The lowest BCUT2D eigenvalue weighted by Crippen LogP contribution is -2.27. The van der Waals surface area contributed by atoms with Gasteiger partial charge in [-0.05, 0) is 25.7 Å². The van der Waals surface area contributed by atoms with E-state index >= 15 is 0 Å². The van der Waals surface area contributed by atoms with Crippen LogP contribution in [0.3, 0.4) is 0 Å². The van der Waals surface area contributed by atoms with E-state index in [0.717, 1.165) is 0 Å². The summed E-state index contributed by atoms with van der Waals surface area (Å²) in [5.74, 6) is 0. The van der Waals surface area contributed by atoms with Crippen molar-refractivity contribution >= 4 is 11.3 Å². The Morgan fingerprint density at radius 1 is 1.19 bits per heavy atom. The zero-order valence-electron chi connectivity index (χ0n) is 10.4. The van der Waals surface area contributed by atoms with Crippen LogP contribution in [0.2, 0.25) is 0 Å². The topological polar surface area (TPSA) is 38.9 Å². The summed E-state index contributed by atoms with van der Waals surface area (Å²) in [6, 6.07) is 0. The zero-order chi connectivity index (χ0) is 11.6. The minimum Gasteiger partial charge on any atom is -0.330 e. The van der Waals surface area contributed by atoms with Gasteiger partial charge in [-0.15, -0.1) is 11.3 Å². The second kappa shape index (κ2) is 4.84. The summed E-state index contributed by atoms with van der Waals surface area (Å²) in [5, 5.41) is 1.24. The molecule has 1 aromatic rings. The van der Waals surface area contributed by atoms with E-state index in [4.69, 9.17) is 10.7 Å². The van der Waals surface area contributed by atoms with Gasteiger partial charge in [-0.2, -0.15) is 0 Å². The molecule has 1 aromatic heterocycles. The van der Waals surface area contributed by atoms with Crippen LogP contribution >= 0.6 is 11.3 Å². The van der Waals surface area contributed by atoms with E-state index in [1.165, 1.54) is 54.1 Å². The SMILES string of the molecule is CC(C)(CN)c1nc2c(s1)CCCCCC2. The van der Waals surface area contributed by atoms with Gasteiger partial charge in [0.25, 0.3) is 0 Å². The van der Waals surface area contributed by atoms with Crippen LogP contribution in [0.4, 0.5) is 0 Å². The van der Waals surface area contributed by atoms with Gasteiger partial charge in [0.1, 0.15) is 0 Å². The second-order valence-corrected chi connectivity index (χ2v) is 6.47. The lowest BCUT2D eigenvalue weighted by molar-refractivity contribution is 0.532. The number of thiazole rings is 1. The summed E-state index contributed by atoms with van der Waals surface area (Å²) in [5.41, 5.74) is 7.23. The van der Waals surface area contributed by atoms with Crippen LogP contribution in [0.1, 0.15) is 55.1 Å². The molecule has 0 amide bonds. The van der Waals surface area contributed by atoms with Gasteiger partial charge < -0.3 is 5.73 Å². The molecule has 0 aromatic carbocycles. The molecule has 1 heterocycles. The fourth-order valence-corrected chi connectivity index (χ4v) is 3.34. The Morgan fingerprint density at radius 3 is 2.56 bits per heavy atom. The molecular formula is C13H22N2S. The number of nitrogens with zero attached hydrogens (tertiary/aromatic N) is 1. The molecule has 2 nitrogen and oxygen atoms in total. The van der Waals surface area contributed by atoms with Crippen LogP contribution in [0.25, 0.3) is 0 Å². The highest BCUT2D eigenvalue weighted by Gasteiger charge is 2.25. The first-order valence-electron chi connectivity index (χ1n) is 6.32. The fourth-order valence-electron chi connectivity index (χ4n) is 2.08. The Labute approximate surface area is 102 Å². The number of aryl methyl sites for hydroxylation is 2. The van der Waals surface area contributed by atoms with E-state index in [1.807, 2.05) is 11.3 Å². The molecule has 0 saturated heterocycles. The van der Waals surface area contributed by atoms with Crippen molar-refractivity contribution in [3.63, 3.8) is 0 Å². The van der Waals surface area contributed by atoms with Crippen LogP contribution in [-0.4, -0.2) is 11.5 Å². The third-order valence-corrected chi connectivity index (χ3v) is 4.96. The van der Waals surface area contributed by atoms with E-state index in [-0.39, 0.29) is 5.41 Å². The molecule has 1 aliphatic carbocycles. The Hall–Kier alpha value is -0.410. The minimum atomic E-state index is 0.0473. The monoisotopic (exact) mass is 238 g/mol. The molecule has 1 aliphatic rings. The molecule has 0 atom stereocenters. The molecule has 0 aliphatic heterocycles. The van der Waals surface area contributed by atoms with Crippen LogP contribution in [0.5, 0.6) is 0 Å². The van der Waals surface area contributed by atoms with Crippen LogP contribution in [-0.2, 0) is 18.3 Å². The van der Waals surface area contributed by atoms with Gasteiger partial charge in [0.05, 0.1) is 10.7 Å². The van der Waals surface area contributed by atoms with E-state index in [1.54, 1.807) is 0 Å². The predicted molar refractivity (Wildman–Crippen MR) is 70.1 cm³/mol. The Morgan fingerprint density at radius 2 is 1.88 bits per heavy atom. The second-order valence-electron chi connectivity index (χ2n) is 5.39. The van der Waals surface area contributed by atoms with E-state index in [2.05, 4.69) is 13.8 Å². The van der Waals surface area contributed by atoms with Crippen LogP contribution in [0, 0.1) is 0 Å². The highest BCUT2D eigenvalue weighted by molar-refractivity contribution is 7.11. The third kappa shape index (κ3) is 2.46. The summed E-state index contributed by atoms with van der Waals surface area (Å²) in [6.07, 6.45) is 7.79. The van der Waals surface area contributed by atoms with Crippen molar-refractivity contribution in [2.75, 3.05) is 6.54 Å². The molecule has 0 unspecified atom stereocenters. The fraction of sp³-hybridized carbons (Fsp3) is 0.769. The van der Waals surface area contributed by atoms with Crippen molar-refractivity contribution in [1.29, 1.82) is 0 Å². The predicted octanol–water partition coefficient (Wildman–Crippen LogP) is 3.04. The standard InChI is InChI=1S/C13H22N2S/c1-13(2,9-14)12-15-10-7-5-3-4-6-8-11(10)16-12/h3-9,14H2,1-2H3. The quantitative estimate of drug-likeness (QED) is 0.860. The summed E-state index contributed by atoms with van der Waals surface area (Å²) >= 11 is 1.90. The van der Waals surface area contributed by atoms with Crippen molar-refractivity contribution in [2.45, 2.75) is 57.8 Å². The Bertz CT molecular complexity index is 329. The number of hydrogen-bond acceptors (Lipinski definition) is 3. The van der Waals surface area contributed by atoms with Gasteiger partial charge in [-0.3, -0.25) is 0 Å². The van der Waals surface area contributed by atoms with Gasteiger partial charge in [0.15, 0.2) is 0 Å². The Balaban J connectivity index is 2.27. The maximum Gasteiger partial charge on any atom is 0.1000 e. The highest BCUT2D eigenvalue weighted by Crippen LogP contribution is 2.32. The number of rotatable bonds is 2. The lowest BCUT2D eigenvalue weighted by Gasteiger charge is -2.18. The van der Waals surface area contributed by atoms with Crippen molar-refractivity contribution in [3.05, 3.63) is 15.6 Å². The van der Waals surface area contributed by atoms with Crippen molar-refractivity contribution in [1.82, 2.24) is 4.98 Å². The number of aromatic nitrogens is 1. The van der Waals surface area contributed by atoms with Crippen molar-refractivity contribution in [3.8, 4) is 0 Å². The average Bonchev–Trinajstić information content (AvgIpc) is 2.61. The van der Waals surface area contributed by atoms with Gasteiger partial charge in [-0.25, -0.2) is 4.98 Å². The smallest absolute Gasteiger partial charge is 0.1000 e. The van der Waals surface area contributed by atoms with E-state index in [9.17, 15) is 0 Å². The van der Waals surface area contributed by atoms with E-state index < -0.39 is 0 Å². The molecular weight excluding hydrogens is 216 g/mol. The minimum absolute atomic E-state index is 0.0473. The molecule has 16 heavy (non-hydrogen) atoms. The first kappa shape index (κ1) is 12.1. The number of hydrogen-bond donors (Lipinski definition) is 1. The van der Waals surface area contributed by atoms with E-state index in [0.29, 0.717) is 6.54 Å². The maximum absolute atomic E-state index is 5.82. The summed E-state index contributed by atoms with van der Waals surface area (Å²) in [6.45, 7) is 5.07. The molecule has 0 saturated carbocycles. The lowest BCUT2D eigenvalue weighted by atomic mass is 9.95. The number of nitrogens with two attached hydrogens (primary N) is 1. The average molecular weight is 238 g/mol. The molecule has 0 radical (unpaired) electrons.